The second kappa shape index (κ2) is 7.09. The van der Waals surface area contributed by atoms with Crippen molar-refractivity contribution < 1.29 is 15.0 Å². The predicted octanol–water partition coefficient (Wildman–Crippen LogP) is 0.787. The van der Waals surface area contributed by atoms with E-state index in [1.807, 2.05) is 5.43 Å². The second-order valence-corrected chi connectivity index (χ2v) is 2.65. The Balaban J connectivity index is 0.000000770. The van der Waals surface area contributed by atoms with Gasteiger partial charge in [-0.1, -0.05) is 6.07 Å². The lowest BCUT2D eigenvalue weighted by molar-refractivity contribution is -0.421. The Morgan fingerprint density at radius 3 is 2.24 bits per heavy atom. The highest BCUT2D eigenvalue weighted by Gasteiger charge is 2.27. The summed E-state index contributed by atoms with van der Waals surface area (Å²) in [6.07, 6.45) is 0. The van der Waals surface area contributed by atoms with Crippen molar-refractivity contribution in [2.75, 3.05) is 12.0 Å². The highest BCUT2D eigenvalue weighted by Crippen LogP contribution is 2.33. The number of nitrogens with zero attached hydrogens (tertiary/aromatic N) is 2. The molecule has 4 N–H and O–H groups in total. The highest BCUT2D eigenvalue weighted by molar-refractivity contribution is 5.70. The fourth-order valence-electron chi connectivity index (χ4n) is 0.987. The number of nitrogens with two attached hydrogens (primary N) is 1. The molecule has 0 heterocycles. The lowest BCUT2D eigenvalue weighted by Crippen LogP contribution is -2.10. The van der Waals surface area contributed by atoms with Gasteiger partial charge in [-0.25, -0.2) is 0 Å². The minimum absolute atomic E-state index is 0.0933. The van der Waals surface area contributed by atoms with Gasteiger partial charge in [-0.3, -0.25) is 26.1 Å². The molecular formula is C8H12N4O5. The van der Waals surface area contributed by atoms with Gasteiger partial charge in [-0.15, -0.1) is 0 Å². The van der Waals surface area contributed by atoms with E-state index in [9.17, 15) is 20.2 Å². The van der Waals surface area contributed by atoms with E-state index in [0.717, 1.165) is 6.07 Å². The lowest BCUT2D eigenvalue weighted by atomic mass is 10.2. The number of hydrogen-bond acceptors (Lipinski definition) is 7. The first-order chi connectivity index (χ1) is 7.99. The van der Waals surface area contributed by atoms with Crippen molar-refractivity contribution in [1.82, 2.24) is 0 Å². The Morgan fingerprint density at radius 2 is 1.88 bits per heavy atom. The molecule has 9 heteroatoms. The molecule has 0 unspecified atom stereocenters. The van der Waals surface area contributed by atoms with Crippen molar-refractivity contribution in [3.05, 3.63) is 38.4 Å². The number of nitrogen functional groups attached to an aromatic ring is 1. The minimum atomic E-state index is -0.854. The van der Waals surface area contributed by atoms with E-state index in [1.165, 1.54) is 12.1 Å². The Hall–Kier alpha value is -2.26. The summed E-state index contributed by atoms with van der Waals surface area (Å²) in [4.78, 5) is 19.3. The van der Waals surface area contributed by atoms with Crippen LogP contribution in [-0.4, -0.2) is 21.6 Å². The van der Waals surface area contributed by atoms with Crippen LogP contribution in [0.15, 0.2) is 18.2 Å². The van der Waals surface area contributed by atoms with Crippen molar-refractivity contribution in [3.8, 4) is 0 Å². The van der Waals surface area contributed by atoms with E-state index in [-0.39, 0.29) is 12.3 Å². The van der Waals surface area contributed by atoms with Crippen LogP contribution in [0.3, 0.4) is 0 Å². The number of nitro benzene ring substituents is 2. The van der Waals surface area contributed by atoms with Crippen LogP contribution in [0, 0.1) is 20.2 Å². The number of nitro groups is 2. The molecule has 0 bridgehead atoms. The Morgan fingerprint density at radius 1 is 1.35 bits per heavy atom. The molecule has 1 aromatic rings. The number of hydrazine groups is 1. The summed E-state index contributed by atoms with van der Waals surface area (Å²) in [5, 5.41) is 28.5. The van der Waals surface area contributed by atoms with E-state index in [4.69, 9.17) is 10.9 Å². The standard InChI is InChI=1S/C6H6N4O4.C2H6O/c7-8-4-2-1-3-5(9(11)12)6(4)10(13)14;1-2-3/h1-3,8H,7H2;3H,2H2,1H3. The van der Waals surface area contributed by atoms with E-state index in [0.29, 0.717) is 0 Å². The molecule has 0 saturated heterocycles. The van der Waals surface area contributed by atoms with Crippen LogP contribution < -0.4 is 11.3 Å². The van der Waals surface area contributed by atoms with Gasteiger partial charge >= 0.3 is 11.4 Å². The first-order valence-corrected chi connectivity index (χ1v) is 4.48. The summed E-state index contributed by atoms with van der Waals surface area (Å²) in [6.45, 7) is 1.93. The van der Waals surface area contributed by atoms with Crippen molar-refractivity contribution in [1.29, 1.82) is 0 Å². The van der Waals surface area contributed by atoms with Crippen LogP contribution in [0.1, 0.15) is 6.92 Å². The van der Waals surface area contributed by atoms with Crippen LogP contribution in [0.5, 0.6) is 0 Å². The zero-order valence-corrected chi connectivity index (χ0v) is 8.99. The molecule has 0 aromatic heterocycles. The summed E-state index contributed by atoms with van der Waals surface area (Å²) >= 11 is 0. The van der Waals surface area contributed by atoms with Crippen LogP contribution in [-0.2, 0) is 0 Å². The van der Waals surface area contributed by atoms with Gasteiger partial charge in [0.1, 0.15) is 5.69 Å². The molecule has 94 valence electrons. The number of rotatable bonds is 3. The fraction of sp³-hybridized carbons (Fsp3) is 0.250. The fourth-order valence-corrected chi connectivity index (χ4v) is 0.987. The maximum Gasteiger partial charge on any atom is 0.370 e. The van der Waals surface area contributed by atoms with E-state index in [2.05, 4.69) is 0 Å². The molecule has 0 aliphatic carbocycles. The first-order valence-electron chi connectivity index (χ1n) is 4.48. The van der Waals surface area contributed by atoms with Crippen molar-refractivity contribution in [2.24, 2.45) is 5.84 Å². The highest BCUT2D eigenvalue weighted by atomic mass is 16.6. The van der Waals surface area contributed by atoms with E-state index >= 15 is 0 Å². The molecule has 0 fully saturated rings. The van der Waals surface area contributed by atoms with Gasteiger partial charge in [0, 0.05) is 12.7 Å². The van der Waals surface area contributed by atoms with E-state index in [1.54, 1.807) is 6.92 Å². The number of para-hydroxylation sites is 1. The van der Waals surface area contributed by atoms with E-state index < -0.39 is 21.2 Å². The smallest absolute Gasteiger partial charge is 0.370 e. The SMILES string of the molecule is CCO.NNc1cccc([N+](=O)[O-])c1[N+](=O)[O-]. The van der Waals surface area contributed by atoms with Gasteiger partial charge in [0.15, 0.2) is 0 Å². The Bertz CT molecular complexity index is 409. The summed E-state index contributed by atoms with van der Waals surface area (Å²) in [5.74, 6) is 4.98. The monoisotopic (exact) mass is 244 g/mol. The zero-order chi connectivity index (χ0) is 13.4. The Labute approximate surface area is 96.1 Å². The molecule has 0 saturated carbocycles. The molecule has 17 heavy (non-hydrogen) atoms. The first kappa shape index (κ1) is 14.7. The molecule has 0 aliphatic heterocycles. The van der Waals surface area contributed by atoms with Gasteiger partial charge in [-0.05, 0) is 13.0 Å². The van der Waals surface area contributed by atoms with Gasteiger partial charge in [-0.2, -0.15) is 0 Å². The van der Waals surface area contributed by atoms with Crippen LogP contribution in [0.4, 0.5) is 17.1 Å². The molecule has 0 aliphatic rings. The molecule has 0 atom stereocenters. The number of hydrogen-bond donors (Lipinski definition) is 3. The number of aliphatic hydroxyl groups is 1. The van der Waals surface area contributed by atoms with Crippen molar-refractivity contribution in [3.63, 3.8) is 0 Å². The molecule has 9 nitrogen and oxygen atoms in total. The third-order valence-electron chi connectivity index (χ3n) is 1.55. The maximum atomic E-state index is 10.5. The maximum absolute atomic E-state index is 10.5. The van der Waals surface area contributed by atoms with Crippen molar-refractivity contribution in [2.45, 2.75) is 6.92 Å². The third-order valence-corrected chi connectivity index (χ3v) is 1.55. The number of aliphatic hydroxyl groups excluding tert-OH is 1. The molecule has 0 spiro atoms. The average molecular weight is 244 g/mol. The number of anilines is 1. The van der Waals surface area contributed by atoms with Crippen LogP contribution in [0.2, 0.25) is 0 Å². The van der Waals surface area contributed by atoms with Gasteiger partial charge < -0.3 is 10.5 Å². The van der Waals surface area contributed by atoms with Crippen LogP contribution in [0.25, 0.3) is 0 Å². The third kappa shape index (κ3) is 4.01. The molecule has 1 aromatic carbocycles. The summed E-state index contributed by atoms with van der Waals surface area (Å²) < 4.78 is 0. The summed E-state index contributed by atoms with van der Waals surface area (Å²) in [5.41, 5.74) is 0.702. The zero-order valence-electron chi connectivity index (χ0n) is 8.99. The summed E-state index contributed by atoms with van der Waals surface area (Å²) in [7, 11) is 0. The van der Waals surface area contributed by atoms with Crippen molar-refractivity contribution >= 4 is 17.1 Å². The Kier molecular flexibility index (Phi) is 6.14. The van der Waals surface area contributed by atoms with Gasteiger partial charge in [0.2, 0.25) is 0 Å². The normalized spacial score (nSPS) is 8.88. The quantitative estimate of drug-likeness (QED) is 0.404. The summed E-state index contributed by atoms with van der Waals surface area (Å²) in [6, 6.07) is 3.63. The number of benzene rings is 1. The average Bonchev–Trinajstić information content (AvgIpc) is 2.28. The second-order valence-electron chi connectivity index (χ2n) is 2.65. The molecule has 0 amide bonds. The van der Waals surface area contributed by atoms with Gasteiger partial charge in [0.05, 0.1) is 9.85 Å². The predicted molar refractivity (Wildman–Crippen MR) is 60.3 cm³/mol. The molecule has 1 rings (SSSR count). The molecule has 0 radical (unpaired) electrons. The number of nitrogens with one attached hydrogen (secondary N) is 1. The largest absolute Gasteiger partial charge is 0.397 e. The van der Waals surface area contributed by atoms with Gasteiger partial charge in [0.25, 0.3) is 0 Å². The minimum Gasteiger partial charge on any atom is -0.397 e. The lowest BCUT2D eigenvalue weighted by Gasteiger charge is -2.00. The molecular weight excluding hydrogens is 232 g/mol. The topological polar surface area (TPSA) is 145 Å². The van der Waals surface area contributed by atoms with Crippen LogP contribution >= 0.6 is 0 Å².